The molecule has 0 radical (unpaired) electrons. The predicted octanol–water partition coefficient (Wildman–Crippen LogP) is 3.91. The smallest absolute Gasteiger partial charge is 0.326 e. The molecule has 118 valence electrons. The molecule has 0 aromatic carbocycles. The van der Waals surface area contributed by atoms with Crippen LogP contribution in [-0.4, -0.2) is 24.2 Å². The van der Waals surface area contributed by atoms with Crippen molar-refractivity contribution in [2.45, 2.75) is 85.2 Å². The second-order valence-electron chi connectivity index (χ2n) is 7.60. The van der Waals surface area contributed by atoms with E-state index in [9.17, 15) is 4.79 Å². The van der Waals surface area contributed by atoms with E-state index in [-0.39, 0.29) is 5.97 Å². The van der Waals surface area contributed by atoms with E-state index in [0.717, 1.165) is 25.7 Å². The summed E-state index contributed by atoms with van der Waals surface area (Å²) in [7, 11) is 0. The molecule has 3 nitrogen and oxygen atoms in total. The molecular formula is C17H33NO2. The number of nitrogens with one attached hydrogen (secondary N) is 1. The fraction of sp³-hybridized carbons (Fsp3) is 0.941. The van der Waals surface area contributed by atoms with Gasteiger partial charge in [-0.1, -0.05) is 27.2 Å². The van der Waals surface area contributed by atoms with Crippen LogP contribution in [0.25, 0.3) is 0 Å². The molecule has 3 heteroatoms. The molecule has 1 saturated carbocycles. The Morgan fingerprint density at radius 1 is 1.30 bits per heavy atom. The lowest BCUT2D eigenvalue weighted by molar-refractivity contribution is -0.152. The lowest BCUT2D eigenvalue weighted by Gasteiger charge is -2.34. The minimum atomic E-state index is -0.468. The number of carbonyl (C=O) groups is 1. The first-order valence-electron chi connectivity index (χ1n) is 8.16. The third-order valence-corrected chi connectivity index (χ3v) is 4.53. The van der Waals surface area contributed by atoms with Crippen molar-refractivity contribution in [3.63, 3.8) is 0 Å². The topological polar surface area (TPSA) is 38.3 Å². The van der Waals surface area contributed by atoms with Gasteiger partial charge in [-0.15, -0.1) is 0 Å². The van der Waals surface area contributed by atoms with Gasteiger partial charge in [0.05, 0.1) is 6.61 Å². The van der Waals surface area contributed by atoms with Crippen LogP contribution in [0.3, 0.4) is 0 Å². The van der Waals surface area contributed by atoms with E-state index in [4.69, 9.17) is 4.74 Å². The fourth-order valence-corrected chi connectivity index (χ4v) is 3.44. The van der Waals surface area contributed by atoms with Crippen molar-refractivity contribution in [2.24, 2.45) is 11.3 Å². The molecular weight excluding hydrogens is 250 g/mol. The van der Waals surface area contributed by atoms with Crippen LogP contribution in [0.2, 0.25) is 0 Å². The van der Waals surface area contributed by atoms with Crippen molar-refractivity contribution in [1.29, 1.82) is 0 Å². The Morgan fingerprint density at radius 2 is 1.95 bits per heavy atom. The van der Waals surface area contributed by atoms with Crippen LogP contribution in [0.1, 0.15) is 73.6 Å². The summed E-state index contributed by atoms with van der Waals surface area (Å²) in [6.45, 7) is 13.5. The molecule has 1 N–H and O–H groups in total. The zero-order valence-electron chi connectivity index (χ0n) is 14.2. The third kappa shape index (κ3) is 4.47. The Kier molecular flexibility index (Phi) is 6.06. The molecule has 1 aliphatic rings. The van der Waals surface area contributed by atoms with Crippen LogP contribution in [0, 0.1) is 11.3 Å². The van der Waals surface area contributed by atoms with Crippen molar-refractivity contribution >= 4 is 5.97 Å². The summed E-state index contributed by atoms with van der Waals surface area (Å²) in [6, 6.07) is 0.297. The van der Waals surface area contributed by atoms with Gasteiger partial charge in [0.25, 0.3) is 0 Å². The zero-order chi connectivity index (χ0) is 15.4. The van der Waals surface area contributed by atoms with Crippen molar-refractivity contribution < 1.29 is 9.53 Å². The van der Waals surface area contributed by atoms with Crippen LogP contribution >= 0.6 is 0 Å². The van der Waals surface area contributed by atoms with Crippen LogP contribution in [0.5, 0.6) is 0 Å². The van der Waals surface area contributed by atoms with Crippen molar-refractivity contribution in [3.8, 4) is 0 Å². The van der Waals surface area contributed by atoms with Crippen molar-refractivity contribution in [1.82, 2.24) is 5.32 Å². The maximum atomic E-state index is 12.5. The molecule has 0 amide bonds. The number of esters is 1. The Morgan fingerprint density at radius 3 is 2.45 bits per heavy atom. The van der Waals surface area contributed by atoms with Crippen LogP contribution < -0.4 is 5.32 Å². The summed E-state index contributed by atoms with van der Waals surface area (Å²) in [5.41, 5.74) is -0.146. The Labute approximate surface area is 124 Å². The predicted molar refractivity (Wildman–Crippen MR) is 83.7 cm³/mol. The van der Waals surface area contributed by atoms with Gasteiger partial charge in [-0.25, -0.2) is 0 Å². The van der Waals surface area contributed by atoms with Gasteiger partial charge in [0.1, 0.15) is 5.54 Å². The molecule has 2 unspecified atom stereocenters. The van der Waals surface area contributed by atoms with E-state index in [0.29, 0.717) is 24.0 Å². The number of hydrogen-bond acceptors (Lipinski definition) is 3. The van der Waals surface area contributed by atoms with E-state index < -0.39 is 5.54 Å². The molecule has 1 aliphatic carbocycles. The molecule has 0 aliphatic heterocycles. The highest BCUT2D eigenvalue weighted by molar-refractivity contribution is 5.81. The minimum Gasteiger partial charge on any atom is -0.465 e. The first kappa shape index (κ1) is 17.5. The lowest BCUT2D eigenvalue weighted by Crippen LogP contribution is -2.55. The van der Waals surface area contributed by atoms with Crippen molar-refractivity contribution in [2.75, 3.05) is 6.61 Å². The Balaban J connectivity index is 2.87. The quantitative estimate of drug-likeness (QED) is 0.628. The Hall–Kier alpha value is -0.570. The van der Waals surface area contributed by atoms with Gasteiger partial charge in [-0.05, 0) is 57.8 Å². The van der Waals surface area contributed by atoms with Gasteiger partial charge in [0.2, 0.25) is 0 Å². The van der Waals surface area contributed by atoms with E-state index >= 15 is 0 Å². The van der Waals surface area contributed by atoms with Crippen LogP contribution in [0.4, 0.5) is 0 Å². The fourth-order valence-electron chi connectivity index (χ4n) is 3.44. The maximum Gasteiger partial charge on any atom is 0.326 e. The molecule has 0 bridgehead atoms. The first-order valence-corrected chi connectivity index (χ1v) is 8.16. The van der Waals surface area contributed by atoms with Gasteiger partial charge < -0.3 is 4.74 Å². The lowest BCUT2D eigenvalue weighted by atomic mass is 9.76. The maximum absolute atomic E-state index is 12.5. The van der Waals surface area contributed by atoms with E-state index in [1.807, 2.05) is 6.92 Å². The largest absolute Gasteiger partial charge is 0.465 e. The molecule has 0 aromatic rings. The van der Waals surface area contributed by atoms with Gasteiger partial charge in [0, 0.05) is 6.04 Å². The highest BCUT2D eigenvalue weighted by atomic mass is 16.5. The third-order valence-electron chi connectivity index (χ3n) is 4.53. The molecule has 20 heavy (non-hydrogen) atoms. The first-order chi connectivity index (χ1) is 9.21. The Bertz CT molecular complexity index is 319. The highest BCUT2D eigenvalue weighted by Crippen LogP contribution is 2.40. The molecule has 0 saturated heterocycles. The minimum absolute atomic E-state index is 0.0525. The van der Waals surface area contributed by atoms with Crippen LogP contribution in [-0.2, 0) is 9.53 Å². The monoisotopic (exact) mass is 283 g/mol. The van der Waals surface area contributed by atoms with E-state index in [1.165, 1.54) is 6.42 Å². The van der Waals surface area contributed by atoms with Crippen LogP contribution in [0.15, 0.2) is 0 Å². The molecule has 0 heterocycles. The van der Waals surface area contributed by atoms with Gasteiger partial charge in [-0.2, -0.15) is 0 Å². The summed E-state index contributed by atoms with van der Waals surface area (Å²) >= 11 is 0. The number of carbonyl (C=O) groups excluding carboxylic acids is 1. The van der Waals surface area contributed by atoms with Crippen molar-refractivity contribution in [3.05, 3.63) is 0 Å². The van der Waals surface area contributed by atoms with Gasteiger partial charge in [-0.3, -0.25) is 10.1 Å². The van der Waals surface area contributed by atoms with E-state index in [2.05, 4.69) is 39.9 Å². The highest BCUT2D eigenvalue weighted by Gasteiger charge is 2.43. The SMILES string of the molecule is CCOC(=O)C1(NC(C)C)CCCC(C(C)(C)C)CC1. The second kappa shape index (κ2) is 6.93. The summed E-state index contributed by atoms with van der Waals surface area (Å²) < 4.78 is 5.36. The van der Waals surface area contributed by atoms with E-state index in [1.54, 1.807) is 0 Å². The average Bonchev–Trinajstić information content (AvgIpc) is 2.51. The number of ether oxygens (including phenoxy) is 1. The summed E-state index contributed by atoms with van der Waals surface area (Å²) in [5.74, 6) is 0.635. The zero-order valence-corrected chi connectivity index (χ0v) is 14.2. The summed E-state index contributed by atoms with van der Waals surface area (Å²) in [4.78, 5) is 12.5. The molecule has 0 spiro atoms. The average molecular weight is 283 g/mol. The normalized spacial score (nSPS) is 28.2. The second-order valence-corrected chi connectivity index (χ2v) is 7.60. The van der Waals surface area contributed by atoms with Gasteiger partial charge >= 0.3 is 5.97 Å². The van der Waals surface area contributed by atoms with Gasteiger partial charge in [0.15, 0.2) is 0 Å². The molecule has 1 fully saturated rings. The number of hydrogen-bond donors (Lipinski definition) is 1. The molecule has 1 rings (SSSR count). The summed E-state index contributed by atoms with van der Waals surface area (Å²) in [5, 5.41) is 3.52. The molecule has 2 atom stereocenters. The molecule has 0 aromatic heterocycles. The number of rotatable bonds is 4. The summed E-state index contributed by atoms with van der Waals surface area (Å²) in [6.07, 6.45) is 5.20. The standard InChI is InChI=1S/C17H33NO2/c1-7-20-15(19)17(18-13(2)3)11-8-9-14(10-12-17)16(4,5)6/h13-14,18H,7-12H2,1-6H3.